The molecular weight excluding hydrogens is 364 g/mol. The molecule has 2 heterocycles. The zero-order chi connectivity index (χ0) is 19.1. The lowest BCUT2D eigenvalue weighted by atomic mass is 10.1. The van der Waals surface area contributed by atoms with Gasteiger partial charge in [-0.2, -0.15) is 4.31 Å². The Balaban J connectivity index is 1.95. The van der Waals surface area contributed by atoms with Crippen LogP contribution < -0.4 is 10.2 Å². The standard InChI is InChI=1S/C16H22N2O7S/c1-10-11(2)25-16(24-10)8-14(15(19)17-20)18(9-16)26(21,22)13-6-4-12(23-3)5-7-13/h4-7,10-11,14,20H,8-9H2,1-3H3,(H,17,19)/t10-,11-,14+/m0/s1. The maximum Gasteiger partial charge on any atom is 0.261 e. The van der Waals surface area contributed by atoms with Crippen LogP contribution >= 0.6 is 0 Å². The van der Waals surface area contributed by atoms with E-state index >= 15 is 0 Å². The van der Waals surface area contributed by atoms with Crippen molar-refractivity contribution < 1.29 is 32.6 Å². The predicted octanol–water partition coefficient (Wildman–Crippen LogP) is 0.484. The summed E-state index contributed by atoms with van der Waals surface area (Å²) < 4.78 is 43.9. The Labute approximate surface area is 151 Å². The molecule has 9 nitrogen and oxygen atoms in total. The number of methoxy groups -OCH3 is 1. The van der Waals surface area contributed by atoms with E-state index < -0.39 is 27.8 Å². The topological polar surface area (TPSA) is 114 Å². The molecule has 1 spiro atoms. The maximum atomic E-state index is 13.1. The first-order valence-corrected chi connectivity index (χ1v) is 9.62. The Bertz CT molecular complexity index is 770. The molecule has 0 unspecified atom stereocenters. The molecule has 0 radical (unpaired) electrons. The minimum Gasteiger partial charge on any atom is -0.497 e. The van der Waals surface area contributed by atoms with Crippen molar-refractivity contribution in [2.75, 3.05) is 13.7 Å². The lowest BCUT2D eigenvalue weighted by Gasteiger charge is -2.23. The highest BCUT2D eigenvalue weighted by Crippen LogP contribution is 2.41. The highest BCUT2D eigenvalue weighted by atomic mass is 32.2. The average molecular weight is 386 g/mol. The molecule has 0 aromatic heterocycles. The fourth-order valence-electron chi connectivity index (χ4n) is 3.31. The van der Waals surface area contributed by atoms with Gasteiger partial charge in [0.25, 0.3) is 5.91 Å². The van der Waals surface area contributed by atoms with Crippen molar-refractivity contribution in [2.45, 2.75) is 49.2 Å². The Kier molecular flexibility index (Phi) is 4.97. The number of hydroxylamine groups is 1. The molecule has 10 heteroatoms. The molecule has 1 aromatic rings. The van der Waals surface area contributed by atoms with Crippen molar-refractivity contribution in [1.82, 2.24) is 9.79 Å². The molecular formula is C16H22N2O7S. The third-order valence-electron chi connectivity index (χ3n) is 4.79. The predicted molar refractivity (Wildman–Crippen MR) is 89.0 cm³/mol. The minimum atomic E-state index is -4.02. The van der Waals surface area contributed by atoms with Gasteiger partial charge in [0.15, 0.2) is 5.79 Å². The first-order chi connectivity index (χ1) is 12.2. The Hall–Kier alpha value is -1.72. The van der Waals surface area contributed by atoms with E-state index in [-0.39, 0.29) is 30.1 Å². The van der Waals surface area contributed by atoms with Crippen LogP contribution in [0.4, 0.5) is 0 Å². The van der Waals surface area contributed by atoms with Gasteiger partial charge >= 0.3 is 0 Å². The number of rotatable bonds is 4. The highest BCUT2D eigenvalue weighted by molar-refractivity contribution is 7.89. The first-order valence-electron chi connectivity index (χ1n) is 8.18. The Morgan fingerprint density at radius 2 is 1.85 bits per heavy atom. The van der Waals surface area contributed by atoms with Gasteiger partial charge in [-0.05, 0) is 38.1 Å². The molecule has 1 amide bonds. The fraction of sp³-hybridized carbons (Fsp3) is 0.562. The van der Waals surface area contributed by atoms with Crippen LogP contribution in [0.1, 0.15) is 20.3 Å². The van der Waals surface area contributed by atoms with Crippen LogP contribution in [-0.4, -0.2) is 61.5 Å². The summed E-state index contributed by atoms with van der Waals surface area (Å²) >= 11 is 0. The van der Waals surface area contributed by atoms with Gasteiger partial charge in [-0.3, -0.25) is 10.0 Å². The van der Waals surface area contributed by atoms with E-state index in [0.717, 1.165) is 4.31 Å². The summed E-state index contributed by atoms with van der Waals surface area (Å²) in [6, 6.07) is 4.69. The van der Waals surface area contributed by atoms with E-state index in [0.29, 0.717) is 5.75 Å². The van der Waals surface area contributed by atoms with Crippen LogP contribution in [0.3, 0.4) is 0 Å². The van der Waals surface area contributed by atoms with Gasteiger partial charge in [-0.15, -0.1) is 0 Å². The van der Waals surface area contributed by atoms with Crippen LogP contribution in [0, 0.1) is 0 Å². The summed E-state index contributed by atoms with van der Waals surface area (Å²) in [5.41, 5.74) is 1.53. The van der Waals surface area contributed by atoms with Gasteiger partial charge in [0.1, 0.15) is 11.8 Å². The molecule has 1 aromatic carbocycles. The van der Waals surface area contributed by atoms with Gasteiger partial charge in [-0.1, -0.05) is 0 Å². The minimum absolute atomic E-state index is 0.00480. The largest absolute Gasteiger partial charge is 0.497 e. The number of amides is 1. The number of carbonyl (C=O) groups is 1. The zero-order valence-corrected chi connectivity index (χ0v) is 15.5. The van der Waals surface area contributed by atoms with Gasteiger partial charge in [0, 0.05) is 6.42 Å². The molecule has 144 valence electrons. The van der Waals surface area contributed by atoms with E-state index in [1.54, 1.807) is 0 Å². The van der Waals surface area contributed by atoms with Crippen LogP contribution in [0.5, 0.6) is 5.75 Å². The summed E-state index contributed by atoms with van der Waals surface area (Å²) in [5, 5.41) is 9.03. The number of sulfonamides is 1. The van der Waals surface area contributed by atoms with Gasteiger partial charge in [0.2, 0.25) is 10.0 Å². The first kappa shape index (κ1) is 19.1. The normalized spacial score (nSPS) is 28.4. The van der Waals surface area contributed by atoms with Gasteiger partial charge < -0.3 is 14.2 Å². The van der Waals surface area contributed by atoms with E-state index in [9.17, 15) is 13.2 Å². The van der Waals surface area contributed by atoms with Crippen LogP contribution in [-0.2, 0) is 24.3 Å². The average Bonchev–Trinajstić information content (AvgIpc) is 3.13. The number of carbonyl (C=O) groups excluding carboxylic acids is 1. The van der Waals surface area contributed by atoms with Crippen molar-refractivity contribution in [2.24, 2.45) is 0 Å². The molecule has 0 aliphatic carbocycles. The zero-order valence-electron chi connectivity index (χ0n) is 14.7. The van der Waals surface area contributed by atoms with Crippen molar-refractivity contribution in [1.29, 1.82) is 0 Å². The molecule has 3 rings (SSSR count). The molecule has 2 N–H and O–H groups in total. The number of hydrogen-bond acceptors (Lipinski definition) is 7. The van der Waals surface area contributed by atoms with Crippen LogP contribution in [0.2, 0.25) is 0 Å². The summed E-state index contributed by atoms with van der Waals surface area (Å²) in [5.74, 6) is -1.54. The number of benzene rings is 1. The smallest absolute Gasteiger partial charge is 0.261 e. The molecule has 0 bridgehead atoms. The Morgan fingerprint density at radius 3 is 2.35 bits per heavy atom. The molecule has 2 fully saturated rings. The Morgan fingerprint density at radius 1 is 1.27 bits per heavy atom. The number of nitrogens with one attached hydrogen (secondary N) is 1. The van der Waals surface area contributed by atoms with Gasteiger partial charge in [-0.25, -0.2) is 13.9 Å². The summed E-state index contributed by atoms with van der Waals surface area (Å²) in [7, 11) is -2.54. The van der Waals surface area contributed by atoms with Crippen molar-refractivity contribution in [3.8, 4) is 5.75 Å². The van der Waals surface area contributed by atoms with Crippen molar-refractivity contribution >= 4 is 15.9 Å². The molecule has 26 heavy (non-hydrogen) atoms. The second kappa shape index (κ2) is 6.78. The van der Waals surface area contributed by atoms with E-state index in [1.165, 1.54) is 36.9 Å². The van der Waals surface area contributed by atoms with E-state index in [1.807, 2.05) is 13.8 Å². The molecule has 2 saturated heterocycles. The number of nitrogens with zero attached hydrogens (tertiary/aromatic N) is 1. The number of ether oxygens (including phenoxy) is 3. The van der Waals surface area contributed by atoms with Crippen molar-refractivity contribution in [3.05, 3.63) is 24.3 Å². The SMILES string of the molecule is COc1ccc(S(=O)(=O)N2CC3(C[C@@H]2C(=O)NO)O[C@@H](C)[C@H](C)O3)cc1. The lowest BCUT2D eigenvalue weighted by Crippen LogP contribution is -2.45. The van der Waals surface area contributed by atoms with Crippen LogP contribution in [0.15, 0.2) is 29.2 Å². The molecule has 0 saturated carbocycles. The second-order valence-corrected chi connectivity index (χ2v) is 8.37. The second-order valence-electron chi connectivity index (χ2n) is 6.48. The third-order valence-corrected chi connectivity index (χ3v) is 6.66. The highest BCUT2D eigenvalue weighted by Gasteiger charge is 2.57. The number of hydrogen-bond donors (Lipinski definition) is 2. The maximum absolute atomic E-state index is 13.1. The molecule has 2 aliphatic rings. The van der Waals surface area contributed by atoms with Gasteiger partial charge in [0.05, 0.1) is 30.8 Å². The monoisotopic (exact) mass is 386 g/mol. The molecule has 2 aliphatic heterocycles. The van der Waals surface area contributed by atoms with E-state index in [2.05, 4.69) is 0 Å². The summed E-state index contributed by atoms with van der Waals surface area (Å²) in [4.78, 5) is 12.1. The van der Waals surface area contributed by atoms with Crippen LogP contribution in [0.25, 0.3) is 0 Å². The third kappa shape index (κ3) is 3.19. The molecule has 3 atom stereocenters. The summed E-state index contributed by atoms with van der Waals surface area (Å²) in [6.45, 7) is 3.50. The van der Waals surface area contributed by atoms with Crippen molar-refractivity contribution in [3.63, 3.8) is 0 Å². The quantitative estimate of drug-likeness (QED) is 0.571. The lowest BCUT2D eigenvalue weighted by molar-refractivity contribution is -0.161. The summed E-state index contributed by atoms with van der Waals surface area (Å²) in [6.07, 6.45) is -0.489. The van der Waals surface area contributed by atoms with E-state index in [4.69, 9.17) is 19.4 Å². The fourth-order valence-corrected chi connectivity index (χ4v) is 4.93.